The zero-order valence-corrected chi connectivity index (χ0v) is 10.7. The third-order valence-electron chi connectivity index (χ3n) is 2.56. The van der Waals surface area contributed by atoms with Gasteiger partial charge in [0.25, 0.3) is 0 Å². The summed E-state index contributed by atoms with van der Waals surface area (Å²) in [5.41, 5.74) is 1.58. The van der Waals surface area contributed by atoms with Crippen LogP contribution in [-0.2, 0) is 4.79 Å². The van der Waals surface area contributed by atoms with Crippen LogP contribution in [0.25, 0.3) is 6.08 Å². The fourth-order valence-electron chi connectivity index (χ4n) is 1.54. The Kier molecular flexibility index (Phi) is 4.76. The van der Waals surface area contributed by atoms with Crippen LogP contribution in [0.4, 0.5) is 0 Å². The van der Waals surface area contributed by atoms with Crippen molar-refractivity contribution in [2.24, 2.45) is 5.92 Å². The lowest BCUT2D eigenvalue weighted by atomic mass is 10.0. The van der Waals surface area contributed by atoms with E-state index in [4.69, 9.17) is 9.47 Å². The highest BCUT2D eigenvalue weighted by atomic mass is 16.5. The van der Waals surface area contributed by atoms with Crippen molar-refractivity contribution < 1.29 is 14.3 Å². The first-order chi connectivity index (χ1) is 8.13. The van der Waals surface area contributed by atoms with Gasteiger partial charge in [-0.3, -0.25) is 4.79 Å². The number of hydrogen-bond donors (Lipinski definition) is 0. The number of carbonyl (C=O) groups excluding carboxylic acids is 1. The predicted octanol–water partition coefficient (Wildman–Crippen LogP) is 2.94. The molecule has 0 saturated heterocycles. The van der Waals surface area contributed by atoms with Gasteiger partial charge in [-0.2, -0.15) is 0 Å². The van der Waals surface area contributed by atoms with Gasteiger partial charge in [-0.1, -0.05) is 26.0 Å². The van der Waals surface area contributed by atoms with Gasteiger partial charge in [-0.05, 0) is 23.6 Å². The van der Waals surface area contributed by atoms with E-state index >= 15 is 0 Å². The summed E-state index contributed by atoms with van der Waals surface area (Å²) in [6.45, 7) is 3.96. The molecule has 1 aromatic rings. The van der Waals surface area contributed by atoms with Gasteiger partial charge < -0.3 is 9.47 Å². The molecule has 0 bridgehead atoms. The molecule has 0 fully saturated rings. The van der Waals surface area contributed by atoms with Crippen molar-refractivity contribution in [2.45, 2.75) is 13.8 Å². The van der Waals surface area contributed by atoms with Crippen molar-refractivity contribution in [1.82, 2.24) is 0 Å². The lowest BCUT2D eigenvalue weighted by Crippen LogP contribution is -1.97. The van der Waals surface area contributed by atoms with Gasteiger partial charge in [0.1, 0.15) is 6.29 Å². The van der Waals surface area contributed by atoms with Gasteiger partial charge in [0.15, 0.2) is 11.5 Å². The molecule has 1 aromatic carbocycles. The monoisotopic (exact) mass is 234 g/mol. The number of para-hydroxylation sites is 1. The molecule has 0 aliphatic heterocycles. The van der Waals surface area contributed by atoms with Crippen LogP contribution >= 0.6 is 0 Å². The van der Waals surface area contributed by atoms with Crippen LogP contribution in [0.2, 0.25) is 0 Å². The number of hydrogen-bond acceptors (Lipinski definition) is 3. The van der Waals surface area contributed by atoms with E-state index in [-0.39, 0.29) is 5.92 Å². The molecule has 0 heterocycles. The zero-order chi connectivity index (χ0) is 12.8. The second kappa shape index (κ2) is 6.09. The maximum Gasteiger partial charge on any atom is 0.167 e. The molecule has 1 rings (SSSR count). The average Bonchev–Trinajstić information content (AvgIpc) is 2.34. The van der Waals surface area contributed by atoms with Gasteiger partial charge in [0.2, 0.25) is 0 Å². The molecule has 0 spiro atoms. The summed E-state index contributed by atoms with van der Waals surface area (Å²) in [4.78, 5) is 11.0. The van der Waals surface area contributed by atoms with E-state index in [1.54, 1.807) is 14.2 Å². The number of rotatable bonds is 5. The normalized spacial score (nSPS) is 11.5. The SMILES string of the molecule is COc1cccc(C=C(C=O)C(C)C)c1OC. The van der Waals surface area contributed by atoms with Gasteiger partial charge in [-0.15, -0.1) is 0 Å². The molecular weight excluding hydrogens is 216 g/mol. The maximum absolute atomic E-state index is 11.0. The standard InChI is InChI=1S/C14H18O3/c1-10(2)12(9-15)8-11-6-5-7-13(16-3)14(11)17-4/h5-10H,1-4H3. The second-order valence-corrected chi connectivity index (χ2v) is 4.00. The van der Waals surface area contributed by atoms with E-state index in [2.05, 4.69) is 0 Å². The minimum atomic E-state index is 0.184. The second-order valence-electron chi connectivity index (χ2n) is 4.00. The van der Waals surface area contributed by atoms with Crippen molar-refractivity contribution in [3.8, 4) is 11.5 Å². The van der Waals surface area contributed by atoms with Crippen LogP contribution < -0.4 is 9.47 Å². The van der Waals surface area contributed by atoms with Crippen LogP contribution in [0.15, 0.2) is 23.8 Å². The molecule has 0 saturated carbocycles. The van der Waals surface area contributed by atoms with Crippen molar-refractivity contribution in [1.29, 1.82) is 0 Å². The van der Waals surface area contributed by atoms with Crippen LogP contribution in [0.5, 0.6) is 11.5 Å². The molecule has 0 unspecified atom stereocenters. The molecule has 0 aliphatic carbocycles. The average molecular weight is 234 g/mol. The summed E-state index contributed by atoms with van der Waals surface area (Å²) in [6.07, 6.45) is 2.71. The predicted molar refractivity (Wildman–Crippen MR) is 68.4 cm³/mol. The third-order valence-corrected chi connectivity index (χ3v) is 2.56. The highest BCUT2D eigenvalue weighted by molar-refractivity contribution is 5.83. The van der Waals surface area contributed by atoms with E-state index in [0.717, 1.165) is 17.4 Å². The highest BCUT2D eigenvalue weighted by Gasteiger charge is 2.09. The van der Waals surface area contributed by atoms with E-state index in [1.807, 2.05) is 38.1 Å². The van der Waals surface area contributed by atoms with Crippen molar-refractivity contribution in [2.75, 3.05) is 14.2 Å². The molecule has 92 valence electrons. The van der Waals surface area contributed by atoms with Gasteiger partial charge in [0, 0.05) is 5.56 Å². The summed E-state index contributed by atoms with van der Waals surface area (Å²) in [5.74, 6) is 1.49. The van der Waals surface area contributed by atoms with E-state index in [1.165, 1.54) is 0 Å². The Hall–Kier alpha value is -1.77. The first-order valence-corrected chi connectivity index (χ1v) is 5.51. The highest BCUT2D eigenvalue weighted by Crippen LogP contribution is 2.32. The number of ether oxygens (including phenoxy) is 2. The van der Waals surface area contributed by atoms with Crippen molar-refractivity contribution >= 4 is 12.4 Å². The molecule has 0 radical (unpaired) electrons. The summed E-state index contributed by atoms with van der Waals surface area (Å²) in [6, 6.07) is 5.59. The molecular formula is C14H18O3. The van der Waals surface area contributed by atoms with Crippen LogP contribution in [0.1, 0.15) is 19.4 Å². The zero-order valence-electron chi connectivity index (χ0n) is 10.7. The quantitative estimate of drug-likeness (QED) is 0.580. The van der Waals surface area contributed by atoms with Gasteiger partial charge >= 0.3 is 0 Å². The molecule has 17 heavy (non-hydrogen) atoms. The summed E-state index contributed by atoms with van der Waals surface area (Å²) >= 11 is 0. The Morgan fingerprint density at radius 3 is 2.41 bits per heavy atom. The minimum absolute atomic E-state index is 0.184. The van der Waals surface area contributed by atoms with Gasteiger partial charge in [-0.25, -0.2) is 0 Å². The molecule has 0 aromatic heterocycles. The lowest BCUT2D eigenvalue weighted by Gasteiger charge is -2.11. The Labute approximate surface area is 102 Å². The number of benzene rings is 1. The molecule has 3 heteroatoms. The number of aldehydes is 1. The van der Waals surface area contributed by atoms with Crippen LogP contribution in [0, 0.1) is 5.92 Å². The van der Waals surface area contributed by atoms with Crippen LogP contribution in [-0.4, -0.2) is 20.5 Å². The minimum Gasteiger partial charge on any atom is -0.493 e. The van der Waals surface area contributed by atoms with Gasteiger partial charge in [0.05, 0.1) is 14.2 Å². The first kappa shape index (κ1) is 13.3. The largest absolute Gasteiger partial charge is 0.493 e. The fourth-order valence-corrected chi connectivity index (χ4v) is 1.54. The third kappa shape index (κ3) is 3.09. The van der Waals surface area contributed by atoms with E-state index < -0.39 is 0 Å². The van der Waals surface area contributed by atoms with E-state index in [9.17, 15) is 4.79 Å². The molecule has 0 aliphatic rings. The van der Waals surface area contributed by atoms with Crippen LogP contribution in [0.3, 0.4) is 0 Å². The number of methoxy groups -OCH3 is 2. The smallest absolute Gasteiger partial charge is 0.167 e. The summed E-state index contributed by atoms with van der Waals surface area (Å²) in [5, 5.41) is 0. The first-order valence-electron chi connectivity index (χ1n) is 5.51. The molecule has 0 atom stereocenters. The topological polar surface area (TPSA) is 35.5 Å². The molecule has 3 nitrogen and oxygen atoms in total. The van der Waals surface area contributed by atoms with Crippen molar-refractivity contribution in [3.63, 3.8) is 0 Å². The fraction of sp³-hybridized carbons (Fsp3) is 0.357. The Morgan fingerprint density at radius 1 is 1.24 bits per heavy atom. The van der Waals surface area contributed by atoms with E-state index in [0.29, 0.717) is 11.5 Å². The maximum atomic E-state index is 11.0. The molecule has 0 N–H and O–H groups in total. The summed E-state index contributed by atoms with van der Waals surface area (Å²) in [7, 11) is 3.18. The molecule has 0 amide bonds. The Bertz CT molecular complexity index is 419. The Morgan fingerprint density at radius 2 is 1.94 bits per heavy atom. The van der Waals surface area contributed by atoms with Crippen molar-refractivity contribution in [3.05, 3.63) is 29.3 Å². The number of allylic oxidation sites excluding steroid dienone is 1. The lowest BCUT2D eigenvalue weighted by molar-refractivity contribution is -0.105. The summed E-state index contributed by atoms with van der Waals surface area (Å²) < 4.78 is 10.5. The Balaban J connectivity index is 3.26. The number of carbonyl (C=O) groups is 1.